The smallest absolute Gasteiger partial charge is 0.344 e. The lowest BCUT2D eigenvalue weighted by Crippen LogP contribution is -2.19. The molecular formula is C20H18O5. The monoisotopic (exact) mass is 338 g/mol. The summed E-state index contributed by atoms with van der Waals surface area (Å²) in [4.78, 5) is 24.3. The third-order valence-corrected chi connectivity index (χ3v) is 4.57. The lowest BCUT2D eigenvalue weighted by atomic mass is 9.91. The van der Waals surface area contributed by atoms with Crippen LogP contribution >= 0.6 is 0 Å². The third kappa shape index (κ3) is 2.47. The largest absolute Gasteiger partial charge is 0.490 e. The molecule has 1 unspecified atom stereocenters. The van der Waals surface area contributed by atoms with Gasteiger partial charge in [-0.25, -0.2) is 9.59 Å². The topological polar surface area (TPSA) is 61.8 Å². The number of esters is 2. The Hall–Kier alpha value is -2.82. The second kappa shape index (κ2) is 5.92. The van der Waals surface area contributed by atoms with E-state index in [4.69, 9.17) is 14.2 Å². The zero-order valence-electron chi connectivity index (χ0n) is 14.1. The first-order valence-electron chi connectivity index (χ1n) is 8.45. The number of hydrogen-bond donors (Lipinski definition) is 0. The molecule has 2 aliphatic rings. The molecule has 0 bridgehead atoms. The van der Waals surface area contributed by atoms with E-state index in [9.17, 15) is 9.59 Å². The van der Waals surface area contributed by atoms with E-state index in [2.05, 4.69) is 0 Å². The highest BCUT2D eigenvalue weighted by Crippen LogP contribution is 2.49. The summed E-state index contributed by atoms with van der Waals surface area (Å²) >= 11 is 0. The summed E-state index contributed by atoms with van der Waals surface area (Å²) in [5.74, 6) is 0.216. The average molecular weight is 338 g/mol. The molecule has 0 aliphatic carbocycles. The Morgan fingerprint density at radius 1 is 1.28 bits per heavy atom. The number of benzene rings is 2. The van der Waals surface area contributed by atoms with Crippen LogP contribution in [0, 0.1) is 0 Å². The number of carbonyl (C=O) groups is 2. The SMILES string of the molecule is CCOC(=O)/C=C1/C(=O)Oc2c3c(c4ccccc4c21)OC(C)CC3. The lowest BCUT2D eigenvalue weighted by molar-refractivity contribution is -0.137. The highest BCUT2D eigenvalue weighted by atomic mass is 16.5. The van der Waals surface area contributed by atoms with Crippen LogP contribution in [-0.4, -0.2) is 24.6 Å². The third-order valence-electron chi connectivity index (χ3n) is 4.57. The molecule has 5 nitrogen and oxygen atoms in total. The van der Waals surface area contributed by atoms with Crippen molar-refractivity contribution in [3.8, 4) is 11.5 Å². The maximum absolute atomic E-state index is 12.4. The molecular weight excluding hydrogens is 320 g/mol. The summed E-state index contributed by atoms with van der Waals surface area (Å²) in [6, 6.07) is 7.71. The molecule has 2 heterocycles. The van der Waals surface area contributed by atoms with Gasteiger partial charge in [-0.1, -0.05) is 24.3 Å². The van der Waals surface area contributed by atoms with Crippen molar-refractivity contribution in [1.82, 2.24) is 0 Å². The molecule has 1 atom stereocenters. The molecule has 0 fully saturated rings. The van der Waals surface area contributed by atoms with Gasteiger partial charge in [-0.15, -0.1) is 0 Å². The highest BCUT2D eigenvalue weighted by Gasteiger charge is 2.36. The van der Waals surface area contributed by atoms with Crippen LogP contribution in [0.15, 0.2) is 30.3 Å². The molecule has 0 amide bonds. The van der Waals surface area contributed by atoms with Crippen LogP contribution in [0.4, 0.5) is 0 Å². The zero-order valence-corrected chi connectivity index (χ0v) is 14.1. The second-order valence-electron chi connectivity index (χ2n) is 6.22. The highest BCUT2D eigenvalue weighted by molar-refractivity contribution is 6.28. The number of hydrogen-bond acceptors (Lipinski definition) is 5. The van der Waals surface area contributed by atoms with Crippen LogP contribution in [-0.2, 0) is 20.7 Å². The zero-order chi connectivity index (χ0) is 17.6. The average Bonchev–Trinajstić information content (AvgIpc) is 2.92. The van der Waals surface area contributed by atoms with Crippen LogP contribution in [0.1, 0.15) is 31.4 Å². The Kier molecular flexibility index (Phi) is 3.71. The minimum atomic E-state index is -0.547. The Labute approximate surface area is 145 Å². The van der Waals surface area contributed by atoms with Gasteiger partial charge in [0.05, 0.1) is 18.3 Å². The number of ether oxygens (including phenoxy) is 3. The number of carbonyl (C=O) groups excluding carboxylic acids is 2. The fourth-order valence-corrected chi connectivity index (χ4v) is 3.47. The van der Waals surface area contributed by atoms with E-state index < -0.39 is 11.9 Å². The Bertz CT molecular complexity index is 925. The first-order chi connectivity index (χ1) is 12.1. The molecule has 2 aliphatic heterocycles. The van der Waals surface area contributed by atoms with Gasteiger partial charge >= 0.3 is 11.9 Å². The molecule has 4 rings (SSSR count). The van der Waals surface area contributed by atoms with Gasteiger partial charge in [0.2, 0.25) is 0 Å². The summed E-state index contributed by atoms with van der Waals surface area (Å²) in [5.41, 5.74) is 1.80. The molecule has 0 aromatic heterocycles. The molecule has 0 saturated heterocycles. The van der Waals surface area contributed by atoms with Crippen molar-refractivity contribution in [3.05, 3.63) is 41.5 Å². The predicted octanol–water partition coefficient (Wildman–Crippen LogP) is 3.42. The van der Waals surface area contributed by atoms with Crippen molar-refractivity contribution in [2.45, 2.75) is 32.8 Å². The Morgan fingerprint density at radius 3 is 2.80 bits per heavy atom. The standard InChI is InChI=1S/C20H18O5/c1-3-23-16(21)10-15-17-12-6-4-5-7-13(12)18-14(9-8-11(2)24-18)19(17)25-20(15)22/h4-7,10-11H,3,8-9H2,1-2H3/b15-10+. The van der Waals surface area contributed by atoms with Crippen LogP contribution in [0.2, 0.25) is 0 Å². The molecule has 2 aromatic rings. The summed E-state index contributed by atoms with van der Waals surface area (Å²) in [7, 11) is 0. The molecule has 5 heteroatoms. The molecule has 128 valence electrons. The Morgan fingerprint density at radius 2 is 2.04 bits per heavy atom. The first-order valence-corrected chi connectivity index (χ1v) is 8.45. The van der Waals surface area contributed by atoms with Gasteiger partial charge in [0, 0.05) is 22.6 Å². The molecule has 0 radical (unpaired) electrons. The maximum Gasteiger partial charge on any atom is 0.344 e. The normalized spacial score (nSPS) is 20.0. The van der Waals surface area contributed by atoms with E-state index in [0.717, 1.165) is 34.9 Å². The number of rotatable bonds is 2. The van der Waals surface area contributed by atoms with Crippen LogP contribution in [0.25, 0.3) is 16.3 Å². The molecule has 25 heavy (non-hydrogen) atoms. The number of fused-ring (bicyclic) bond motifs is 6. The van der Waals surface area contributed by atoms with Gasteiger partial charge in [-0.05, 0) is 32.1 Å². The quantitative estimate of drug-likeness (QED) is 0.477. The molecule has 0 saturated carbocycles. The van der Waals surface area contributed by atoms with Crippen molar-refractivity contribution in [2.24, 2.45) is 0 Å². The van der Waals surface area contributed by atoms with Crippen molar-refractivity contribution in [2.75, 3.05) is 6.61 Å². The lowest BCUT2D eigenvalue weighted by Gasteiger charge is -2.26. The summed E-state index contributed by atoms with van der Waals surface area (Å²) in [6.45, 7) is 4.01. The predicted molar refractivity (Wildman–Crippen MR) is 92.6 cm³/mol. The van der Waals surface area contributed by atoms with E-state index >= 15 is 0 Å². The minimum Gasteiger partial charge on any atom is -0.490 e. The summed E-state index contributed by atoms with van der Waals surface area (Å²) in [5, 5.41) is 1.77. The van der Waals surface area contributed by atoms with Gasteiger partial charge in [-0.3, -0.25) is 0 Å². The van der Waals surface area contributed by atoms with Crippen LogP contribution in [0.3, 0.4) is 0 Å². The van der Waals surface area contributed by atoms with E-state index in [1.807, 2.05) is 31.2 Å². The summed E-state index contributed by atoms with van der Waals surface area (Å²) < 4.78 is 16.6. The van der Waals surface area contributed by atoms with Crippen molar-refractivity contribution >= 4 is 28.3 Å². The molecule has 0 spiro atoms. The van der Waals surface area contributed by atoms with E-state index in [1.54, 1.807) is 6.92 Å². The van der Waals surface area contributed by atoms with Gasteiger partial charge in [0.25, 0.3) is 0 Å². The van der Waals surface area contributed by atoms with Gasteiger partial charge < -0.3 is 14.2 Å². The van der Waals surface area contributed by atoms with E-state index in [0.29, 0.717) is 11.3 Å². The second-order valence-corrected chi connectivity index (χ2v) is 6.22. The molecule has 0 N–H and O–H groups in total. The minimum absolute atomic E-state index is 0.112. The van der Waals surface area contributed by atoms with Gasteiger partial charge in [0.1, 0.15) is 11.5 Å². The van der Waals surface area contributed by atoms with Crippen LogP contribution < -0.4 is 9.47 Å². The van der Waals surface area contributed by atoms with E-state index in [1.165, 1.54) is 6.08 Å². The first kappa shape index (κ1) is 15.7. The van der Waals surface area contributed by atoms with Crippen molar-refractivity contribution < 1.29 is 23.8 Å². The van der Waals surface area contributed by atoms with Crippen molar-refractivity contribution in [1.29, 1.82) is 0 Å². The fraction of sp³-hybridized carbons (Fsp3) is 0.300. The van der Waals surface area contributed by atoms with E-state index in [-0.39, 0.29) is 18.3 Å². The van der Waals surface area contributed by atoms with Gasteiger partial charge in [-0.2, -0.15) is 0 Å². The Balaban J connectivity index is 2.00. The van der Waals surface area contributed by atoms with Crippen LogP contribution in [0.5, 0.6) is 11.5 Å². The van der Waals surface area contributed by atoms with Gasteiger partial charge in [0.15, 0.2) is 0 Å². The molecule has 2 aromatic carbocycles. The maximum atomic E-state index is 12.4. The summed E-state index contributed by atoms with van der Waals surface area (Å²) in [6.07, 6.45) is 2.96. The fourth-order valence-electron chi connectivity index (χ4n) is 3.47. The van der Waals surface area contributed by atoms with Crippen molar-refractivity contribution in [3.63, 3.8) is 0 Å².